The van der Waals surface area contributed by atoms with Gasteiger partial charge in [0.05, 0.1) is 6.10 Å². The normalized spacial score (nSPS) is 15.4. The molecule has 0 aliphatic carbocycles. The van der Waals surface area contributed by atoms with Crippen molar-refractivity contribution in [3.8, 4) is 0 Å². The van der Waals surface area contributed by atoms with E-state index in [0.717, 1.165) is 19.3 Å². The molecule has 0 amide bonds. The van der Waals surface area contributed by atoms with Crippen LogP contribution in [0.3, 0.4) is 0 Å². The van der Waals surface area contributed by atoms with Gasteiger partial charge in [-0.2, -0.15) is 0 Å². The Balaban J connectivity index is 3.34. The highest BCUT2D eigenvalue weighted by molar-refractivity contribution is 4.96. The van der Waals surface area contributed by atoms with E-state index >= 15 is 0 Å². The Labute approximate surface area is 63.8 Å². The van der Waals surface area contributed by atoms with Crippen LogP contribution in [0.1, 0.15) is 40.0 Å². The van der Waals surface area contributed by atoms with E-state index in [-0.39, 0.29) is 6.10 Å². The smallest absolute Gasteiger partial charge is 0.0515 e. The number of aliphatic hydroxyl groups is 1. The van der Waals surface area contributed by atoms with E-state index in [9.17, 15) is 0 Å². The summed E-state index contributed by atoms with van der Waals surface area (Å²) < 4.78 is 0. The third-order valence-corrected chi connectivity index (χ3v) is 1.63. The molecule has 0 saturated carbocycles. The van der Waals surface area contributed by atoms with Crippen molar-refractivity contribution in [2.75, 3.05) is 0 Å². The molecular formula is C9H18O. The van der Waals surface area contributed by atoms with E-state index in [1.807, 2.05) is 6.92 Å². The molecule has 1 heteroatoms. The zero-order valence-electron chi connectivity index (χ0n) is 7.22. The quantitative estimate of drug-likeness (QED) is 0.598. The van der Waals surface area contributed by atoms with Crippen molar-refractivity contribution < 1.29 is 5.11 Å². The Kier molecular flexibility index (Phi) is 5.32. The van der Waals surface area contributed by atoms with Crippen LogP contribution in [0.2, 0.25) is 0 Å². The molecule has 0 unspecified atom stereocenters. The predicted molar refractivity (Wildman–Crippen MR) is 45.0 cm³/mol. The third kappa shape index (κ3) is 5.83. The summed E-state index contributed by atoms with van der Waals surface area (Å²) in [5, 5.41) is 8.91. The van der Waals surface area contributed by atoms with Gasteiger partial charge in [0.25, 0.3) is 0 Å². The highest BCUT2D eigenvalue weighted by atomic mass is 16.3. The monoisotopic (exact) mass is 142 g/mol. The van der Waals surface area contributed by atoms with Gasteiger partial charge in [-0.3, -0.25) is 0 Å². The van der Waals surface area contributed by atoms with Crippen molar-refractivity contribution in [3.05, 3.63) is 11.6 Å². The van der Waals surface area contributed by atoms with Crippen LogP contribution < -0.4 is 0 Å². The Hall–Kier alpha value is -0.300. The number of hydrogen-bond acceptors (Lipinski definition) is 1. The van der Waals surface area contributed by atoms with Crippen LogP contribution in [0.15, 0.2) is 11.6 Å². The average Bonchev–Trinajstić information content (AvgIpc) is 1.87. The molecule has 0 aliphatic heterocycles. The second kappa shape index (κ2) is 5.48. The molecule has 0 saturated heterocycles. The zero-order chi connectivity index (χ0) is 7.98. The number of rotatable bonds is 4. The summed E-state index contributed by atoms with van der Waals surface area (Å²) in [5.41, 5.74) is 1.42. The van der Waals surface area contributed by atoms with Gasteiger partial charge in [-0.05, 0) is 33.1 Å². The summed E-state index contributed by atoms with van der Waals surface area (Å²) in [7, 11) is 0. The lowest BCUT2D eigenvalue weighted by Gasteiger charge is -2.00. The SMILES string of the molecule is CCC(C)=CCC[C@H](C)O. The van der Waals surface area contributed by atoms with Crippen molar-refractivity contribution in [1.82, 2.24) is 0 Å². The van der Waals surface area contributed by atoms with Crippen molar-refractivity contribution >= 4 is 0 Å². The van der Waals surface area contributed by atoms with Gasteiger partial charge in [0, 0.05) is 0 Å². The minimum atomic E-state index is -0.152. The first-order valence-electron chi connectivity index (χ1n) is 4.00. The van der Waals surface area contributed by atoms with Crippen molar-refractivity contribution in [3.63, 3.8) is 0 Å². The van der Waals surface area contributed by atoms with Gasteiger partial charge in [0.1, 0.15) is 0 Å². The van der Waals surface area contributed by atoms with E-state index in [1.165, 1.54) is 5.57 Å². The predicted octanol–water partition coefficient (Wildman–Crippen LogP) is 2.50. The molecule has 60 valence electrons. The van der Waals surface area contributed by atoms with E-state index in [4.69, 9.17) is 5.11 Å². The van der Waals surface area contributed by atoms with Crippen LogP contribution in [0.25, 0.3) is 0 Å². The second-order valence-corrected chi connectivity index (χ2v) is 2.83. The number of hydrogen-bond donors (Lipinski definition) is 1. The van der Waals surface area contributed by atoms with Crippen LogP contribution in [0.4, 0.5) is 0 Å². The average molecular weight is 142 g/mol. The van der Waals surface area contributed by atoms with Crippen LogP contribution in [-0.4, -0.2) is 11.2 Å². The summed E-state index contributed by atoms with van der Waals surface area (Å²) in [6.45, 7) is 6.10. The Morgan fingerprint density at radius 1 is 1.60 bits per heavy atom. The van der Waals surface area contributed by atoms with E-state index in [2.05, 4.69) is 19.9 Å². The molecule has 0 aliphatic rings. The van der Waals surface area contributed by atoms with Crippen molar-refractivity contribution in [1.29, 1.82) is 0 Å². The summed E-state index contributed by atoms with van der Waals surface area (Å²) in [4.78, 5) is 0. The molecule has 0 bridgehead atoms. The molecule has 0 radical (unpaired) electrons. The van der Waals surface area contributed by atoms with Gasteiger partial charge in [-0.1, -0.05) is 18.6 Å². The molecule has 0 aromatic heterocycles. The van der Waals surface area contributed by atoms with Crippen LogP contribution in [-0.2, 0) is 0 Å². The second-order valence-electron chi connectivity index (χ2n) is 2.83. The molecule has 0 aromatic carbocycles. The molecule has 0 aromatic rings. The molecular weight excluding hydrogens is 124 g/mol. The highest BCUT2D eigenvalue weighted by Gasteiger charge is 1.91. The Morgan fingerprint density at radius 3 is 2.60 bits per heavy atom. The lowest BCUT2D eigenvalue weighted by Crippen LogP contribution is -1.97. The fourth-order valence-electron chi connectivity index (χ4n) is 0.715. The fourth-order valence-corrected chi connectivity index (χ4v) is 0.715. The fraction of sp³-hybridized carbons (Fsp3) is 0.778. The standard InChI is InChI=1S/C9H18O/c1-4-8(2)6-5-7-9(3)10/h6,9-10H,4-5,7H2,1-3H3/t9-/m0/s1. The van der Waals surface area contributed by atoms with Crippen molar-refractivity contribution in [2.24, 2.45) is 0 Å². The number of aliphatic hydroxyl groups excluding tert-OH is 1. The van der Waals surface area contributed by atoms with Gasteiger partial charge in [0.15, 0.2) is 0 Å². The minimum Gasteiger partial charge on any atom is -0.393 e. The first-order valence-corrected chi connectivity index (χ1v) is 4.00. The largest absolute Gasteiger partial charge is 0.393 e. The lowest BCUT2D eigenvalue weighted by atomic mass is 10.1. The highest BCUT2D eigenvalue weighted by Crippen LogP contribution is 2.03. The molecule has 0 fully saturated rings. The number of allylic oxidation sites excluding steroid dienone is 2. The summed E-state index contributed by atoms with van der Waals surface area (Å²) in [6, 6.07) is 0. The minimum absolute atomic E-state index is 0.152. The maximum absolute atomic E-state index is 8.91. The summed E-state index contributed by atoms with van der Waals surface area (Å²) >= 11 is 0. The van der Waals surface area contributed by atoms with Gasteiger partial charge in [-0.15, -0.1) is 0 Å². The topological polar surface area (TPSA) is 20.2 Å². The molecule has 10 heavy (non-hydrogen) atoms. The molecule has 1 nitrogen and oxygen atoms in total. The van der Waals surface area contributed by atoms with E-state index in [0.29, 0.717) is 0 Å². The maximum atomic E-state index is 8.91. The van der Waals surface area contributed by atoms with Gasteiger partial charge in [-0.25, -0.2) is 0 Å². The summed E-state index contributed by atoms with van der Waals surface area (Å²) in [6.07, 6.45) is 5.07. The molecule has 1 atom stereocenters. The maximum Gasteiger partial charge on any atom is 0.0515 e. The molecule has 1 N–H and O–H groups in total. The zero-order valence-corrected chi connectivity index (χ0v) is 7.22. The van der Waals surface area contributed by atoms with Crippen molar-refractivity contribution in [2.45, 2.75) is 46.1 Å². The van der Waals surface area contributed by atoms with Crippen LogP contribution in [0, 0.1) is 0 Å². The van der Waals surface area contributed by atoms with Gasteiger partial charge < -0.3 is 5.11 Å². The van der Waals surface area contributed by atoms with E-state index in [1.54, 1.807) is 0 Å². The van der Waals surface area contributed by atoms with Crippen LogP contribution >= 0.6 is 0 Å². The lowest BCUT2D eigenvalue weighted by molar-refractivity contribution is 0.186. The molecule has 0 spiro atoms. The Bertz CT molecular complexity index is 103. The molecule has 0 heterocycles. The summed E-state index contributed by atoms with van der Waals surface area (Å²) in [5.74, 6) is 0. The van der Waals surface area contributed by atoms with Crippen LogP contribution in [0.5, 0.6) is 0 Å². The van der Waals surface area contributed by atoms with Gasteiger partial charge in [0.2, 0.25) is 0 Å². The third-order valence-electron chi connectivity index (χ3n) is 1.63. The molecule has 0 rings (SSSR count). The van der Waals surface area contributed by atoms with E-state index < -0.39 is 0 Å². The first-order chi connectivity index (χ1) is 4.66. The first kappa shape index (κ1) is 9.70. The Morgan fingerprint density at radius 2 is 2.20 bits per heavy atom. The van der Waals surface area contributed by atoms with Gasteiger partial charge >= 0.3 is 0 Å².